The Morgan fingerprint density at radius 3 is 2.93 bits per heavy atom. The Morgan fingerprint density at radius 1 is 1.50 bits per heavy atom. The second-order valence-electron chi connectivity index (χ2n) is 4.03. The Labute approximate surface area is 87.8 Å². The third kappa shape index (κ3) is 3.23. The molecule has 1 heterocycles. The highest BCUT2D eigenvalue weighted by molar-refractivity contribution is 4.79. The van der Waals surface area contributed by atoms with E-state index < -0.39 is 0 Å². The van der Waals surface area contributed by atoms with Crippen molar-refractivity contribution in [2.75, 3.05) is 32.8 Å². The smallest absolute Gasteiger partial charge is 0.0622 e. The van der Waals surface area contributed by atoms with Gasteiger partial charge in [0.2, 0.25) is 0 Å². The molecule has 0 spiro atoms. The number of nitrogens with one attached hydrogen (secondary N) is 1. The predicted molar refractivity (Wildman–Crippen MR) is 59.6 cm³/mol. The van der Waals surface area contributed by atoms with Gasteiger partial charge in [-0.05, 0) is 19.9 Å². The van der Waals surface area contributed by atoms with Crippen molar-refractivity contribution in [2.45, 2.75) is 39.3 Å². The summed E-state index contributed by atoms with van der Waals surface area (Å²) in [5, 5.41) is 3.41. The van der Waals surface area contributed by atoms with Crippen LogP contribution >= 0.6 is 0 Å². The van der Waals surface area contributed by atoms with Crippen LogP contribution in [0.25, 0.3) is 0 Å². The maximum atomic E-state index is 5.50. The summed E-state index contributed by atoms with van der Waals surface area (Å²) in [4.78, 5) is 2.58. The molecule has 2 unspecified atom stereocenters. The van der Waals surface area contributed by atoms with E-state index in [2.05, 4.69) is 31.0 Å². The lowest BCUT2D eigenvalue weighted by molar-refractivity contribution is -0.0261. The summed E-state index contributed by atoms with van der Waals surface area (Å²) >= 11 is 0. The van der Waals surface area contributed by atoms with Gasteiger partial charge >= 0.3 is 0 Å². The molecule has 0 aromatic carbocycles. The van der Waals surface area contributed by atoms with Crippen LogP contribution in [0.15, 0.2) is 0 Å². The van der Waals surface area contributed by atoms with Crippen molar-refractivity contribution in [1.29, 1.82) is 0 Å². The summed E-state index contributed by atoms with van der Waals surface area (Å²) in [7, 11) is 0. The topological polar surface area (TPSA) is 24.5 Å². The van der Waals surface area contributed by atoms with Crippen LogP contribution in [0.2, 0.25) is 0 Å². The number of hydrogen-bond donors (Lipinski definition) is 1. The highest BCUT2D eigenvalue weighted by Crippen LogP contribution is 2.13. The van der Waals surface area contributed by atoms with Crippen molar-refractivity contribution < 1.29 is 4.74 Å². The minimum Gasteiger partial charge on any atom is -0.378 e. The van der Waals surface area contributed by atoms with Gasteiger partial charge in [-0.2, -0.15) is 0 Å². The maximum absolute atomic E-state index is 5.50. The first-order valence-electron chi connectivity index (χ1n) is 5.83. The van der Waals surface area contributed by atoms with Gasteiger partial charge in [0.1, 0.15) is 0 Å². The van der Waals surface area contributed by atoms with Crippen molar-refractivity contribution in [3.8, 4) is 0 Å². The van der Waals surface area contributed by atoms with E-state index in [9.17, 15) is 0 Å². The van der Waals surface area contributed by atoms with Crippen LogP contribution in [0.1, 0.15) is 27.2 Å². The average molecular weight is 200 g/mol. The molecule has 0 saturated carbocycles. The summed E-state index contributed by atoms with van der Waals surface area (Å²) < 4.78 is 5.50. The fourth-order valence-corrected chi connectivity index (χ4v) is 2.07. The Balaban J connectivity index is 2.37. The van der Waals surface area contributed by atoms with Gasteiger partial charge in [0.05, 0.1) is 13.2 Å². The Kier molecular flexibility index (Phi) is 5.45. The predicted octanol–water partition coefficient (Wildman–Crippen LogP) is 1.10. The van der Waals surface area contributed by atoms with E-state index in [1.807, 2.05) is 0 Å². The molecule has 0 amide bonds. The van der Waals surface area contributed by atoms with E-state index in [0.29, 0.717) is 12.1 Å². The number of morpholine rings is 1. The van der Waals surface area contributed by atoms with Crippen LogP contribution in [-0.2, 0) is 4.74 Å². The Bertz CT molecular complexity index is 152. The van der Waals surface area contributed by atoms with Crippen molar-refractivity contribution in [3.05, 3.63) is 0 Å². The third-order valence-electron chi connectivity index (χ3n) is 3.00. The van der Waals surface area contributed by atoms with Crippen molar-refractivity contribution >= 4 is 0 Å². The summed E-state index contributed by atoms with van der Waals surface area (Å²) in [6.45, 7) is 11.7. The number of hydrogen-bond acceptors (Lipinski definition) is 3. The fourth-order valence-electron chi connectivity index (χ4n) is 2.07. The monoisotopic (exact) mass is 200 g/mol. The van der Waals surface area contributed by atoms with Gasteiger partial charge in [-0.25, -0.2) is 0 Å². The van der Waals surface area contributed by atoms with Gasteiger partial charge in [0, 0.05) is 25.2 Å². The molecular weight excluding hydrogens is 176 g/mol. The lowest BCUT2D eigenvalue weighted by Gasteiger charge is -2.39. The molecule has 0 radical (unpaired) electrons. The molecule has 1 saturated heterocycles. The summed E-state index contributed by atoms with van der Waals surface area (Å²) in [5.41, 5.74) is 0. The van der Waals surface area contributed by atoms with Gasteiger partial charge in [-0.3, -0.25) is 4.90 Å². The van der Waals surface area contributed by atoms with Crippen LogP contribution in [0, 0.1) is 0 Å². The molecule has 2 atom stereocenters. The Morgan fingerprint density at radius 2 is 2.29 bits per heavy atom. The first-order chi connectivity index (χ1) is 6.79. The van der Waals surface area contributed by atoms with Crippen LogP contribution in [0.3, 0.4) is 0 Å². The molecule has 1 aliphatic rings. The van der Waals surface area contributed by atoms with Gasteiger partial charge in [0.25, 0.3) is 0 Å². The van der Waals surface area contributed by atoms with Gasteiger partial charge in [0.15, 0.2) is 0 Å². The molecule has 0 aliphatic carbocycles. The fraction of sp³-hybridized carbons (Fsp3) is 1.00. The number of nitrogens with zero attached hydrogens (tertiary/aromatic N) is 1. The molecule has 1 rings (SSSR count). The quantitative estimate of drug-likeness (QED) is 0.719. The van der Waals surface area contributed by atoms with Crippen LogP contribution in [0.4, 0.5) is 0 Å². The number of likely N-dealkylation sites (N-methyl/N-ethyl adjacent to an activating group) is 1. The second kappa shape index (κ2) is 6.38. The minimum absolute atomic E-state index is 0.623. The molecule has 1 N–H and O–H groups in total. The molecule has 1 aliphatic heterocycles. The van der Waals surface area contributed by atoms with E-state index in [1.165, 1.54) is 6.42 Å². The Hall–Kier alpha value is -0.120. The van der Waals surface area contributed by atoms with Gasteiger partial charge < -0.3 is 10.1 Å². The van der Waals surface area contributed by atoms with Crippen molar-refractivity contribution in [1.82, 2.24) is 10.2 Å². The largest absolute Gasteiger partial charge is 0.378 e. The van der Waals surface area contributed by atoms with Gasteiger partial charge in [-0.1, -0.05) is 13.8 Å². The molecule has 14 heavy (non-hydrogen) atoms. The average Bonchev–Trinajstić information content (AvgIpc) is 2.25. The SMILES string of the molecule is CCNCC(C)N1CCOCC1CC. The highest BCUT2D eigenvalue weighted by atomic mass is 16.5. The zero-order valence-electron chi connectivity index (χ0n) is 9.75. The summed E-state index contributed by atoms with van der Waals surface area (Å²) in [6, 6.07) is 1.25. The summed E-state index contributed by atoms with van der Waals surface area (Å²) in [6.07, 6.45) is 1.19. The van der Waals surface area contributed by atoms with E-state index in [1.54, 1.807) is 0 Å². The lowest BCUT2D eigenvalue weighted by Crippen LogP contribution is -2.52. The van der Waals surface area contributed by atoms with Crippen molar-refractivity contribution in [3.63, 3.8) is 0 Å². The molecule has 0 bridgehead atoms. The number of ether oxygens (including phenoxy) is 1. The second-order valence-corrected chi connectivity index (χ2v) is 4.03. The zero-order chi connectivity index (χ0) is 10.4. The molecule has 3 heteroatoms. The lowest BCUT2D eigenvalue weighted by atomic mass is 10.1. The van der Waals surface area contributed by atoms with Crippen LogP contribution in [0.5, 0.6) is 0 Å². The molecule has 84 valence electrons. The standard InChI is InChI=1S/C11H24N2O/c1-4-11-9-14-7-6-13(11)10(3)8-12-5-2/h10-12H,4-9H2,1-3H3. The normalized spacial score (nSPS) is 26.4. The first-order valence-corrected chi connectivity index (χ1v) is 5.83. The molecule has 3 nitrogen and oxygen atoms in total. The van der Waals surface area contributed by atoms with Gasteiger partial charge in [-0.15, -0.1) is 0 Å². The van der Waals surface area contributed by atoms with E-state index in [0.717, 1.165) is 32.8 Å². The summed E-state index contributed by atoms with van der Waals surface area (Å²) in [5.74, 6) is 0. The number of rotatable bonds is 5. The van der Waals surface area contributed by atoms with Crippen molar-refractivity contribution in [2.24, 2.45) is 0 Å². The zero-order valence-corrected chi connectivity index (χ0v) is 9.75. The molecule has 0 aromatic rings. The van der Waals surface area contributed by atoms with E-state index >= 15 is 0 Å². The van der Waals surface area contributed by atoms with E-state index in [-0.39, 0.29) is 0 Å². The third-order valence-corrected chi connectivity index (χ3v) is 3.00. The van der Waals surface area contributed by atoms with E-state index in [4.69, 9.17) is 4.74 Å². The molecule has 0 aromatic heterocycles. The van der Waals surface area contributed by atoms with Crippen LogP contribution < -0.4 is 5.32 Å². The highest BCUT2D eigenvalue weighted by Gasteiger charge is 2.25. The van der Waals surface area contributed by atoms with Crippen LogP contribution in [-0.4, -0.2) is 49.8 Å². The minimum atomic E-state index is 0.623. The first kappa shape index (κ1) is 12.0. The molecule has 1 fully saturated rings. The molecular formula is C11H24N2O. The maximum Gasteiger partial charge on any atom is 0.0622 e.